The molecule has 0 heterocycles. The van der Waals surface area contributed by atoms with E-state index in [1.54, 1.807) is 18.2 Å². The third-order valence-electron chi connectivity index (χ3n) is 3.58. The molecule has 0 aliphatic heterocycles. The Morgan fingerprint density at radius 3 is 2.68 bits per heavy atom. The van der Waals surface area contributed by atoms with Gasteiger partial charge in [-0.3, -0.25) is 4.79 Å². The van der Waals surface area contributed by atoms with E-state index in [9.17, 15) is 14.4 Å². The SMILES string of the molecule is CCCOc1c(Cl)cc(/C=C(\C#N)C(=O)Nc2ccccc2F)cc1OCC. The average Bonchev–Trinajstić information content (AvgIpc) is 2.67. The first-order valence-electron chi connectivity index (χ1n) is 8.76. The van der Waals surface area contributed by atoms with Crippen LogP contribution in [0.1, 0.15) is 25.8 Å². The van der Waals surface area contributed by atoms with Crippen LogP contribution in [0.25, 0.3) is 6.08 Å². The standard InChI is InChI=1S/C21H20ClFN2O3/c1-3-9-28-20-16(22)11-14(12-19(20)27-4-2)10-15(13-24)21(26)25-18-8-6-5-7-17(18)23/h5-8,10-12H,3-4,9H2,1-2H3,(H,25,26)/b15-10+. The van der Waals surface area contributed by atoms with Crippen molar-refractivity contribution in [3.8, 4) is 17.6 Å². The average molecular weight is 403 g/mol. The number of hydrogen-bond donors (Lipinski definition) is 1. The lowest BCUT2D eigenvalue weighted by molar-refractivity contribution is -0.112. The van der Waals surface area contributed by atoms with E-state index in [0.717, 1.165) is 6.42 Å². The minimum absolute atomic E-state index is 0.00926. The molecule has 0 bridgehead atoms. The number of halogens is 2. The molecule has 0 atom stereocenters. The summed E-state index contributed by atoms with van der Waals surface area (Å²) in [5, 5.41) is 12.0. The van der Waals surface area contributed by atoms with E-state index in [0.29, 0.717) is 35.3 Å². The molecule has 2 aromatic carbocycles. The van der Waals surface area contributed by atoms with Gasteiger partial charge in [0.25, 0.3) is 5.91 Å². The summed E-state index contributed by atoms with van der Waals surface area (Å²) >= 11 is 6.30. The van der Waals surface area contributed by atoms with E-state index in [1.165, 1.54) is 24.3 Å². The number of anilines is 1. The van der Waals surface area contributed by atoms with Crippen molar-refractivity contribution in [1.29, 1.82) is 5.26 Å². The van der Waals surface area contributed by atoms with Crippen LogP contribution in [0.2, 0.25) is 5.02 Å². The van der Waals surface area contributed by atoms with Crippen LogP contribution in [-0.2, 0) is 4.79 Å². The Morgan fingerprint density at radius 2 is 2.04 bits per heavy atom. The highest BCUT2D eigenvalue weighted by Gasteiger charge is 2.15. The number of nitrogens with zero attached hydrogens (tertiary/aromatic N) is 1. The summed E-state index contributed by atoms with van der Waals surface area (Å²) in [6, 6.07) is 10.7. The fraction of sp³-hybridized carbons (Fsp3) is 0.238. The normalized spacial score (nSPS) is 10.9. The Morgan fingerprint density at radius 1 is 1.29 bits per heavy atom. The fourth-order valence-electron chi connectivity index (χ4n) is 2.35. The van der Waals surface area contributed by atoms with Gasteiger partial charge in [-0.05, 0) is 49.2 Å². The van der Waals surface area contributed by atoms with E-state index in [2.05, 4.69) is 5.32 Å². The molecule has 146 valence electrons. The van der Waals surface area contributed by atoms with Gasteiger partial charge in [0.05, 0.1) is 23.9 Å². The number of carbonyl (C=O) groups is 1. The van der Waals surface area contributed by atoms with Crippen LogP contribution >= 0.6 is 11.6 Å². The van der Waals surface area contributed by atoms with Gasteiger partial charge in [0.1, 0.15) is 17.5 Å². The first kappa shape index (κ1) is 21.3. The molecule has 0 unspecified atom stereocenters. The first-order valence-corrected chi connectivity index (χ1v) is 9.14. The zero-order valence-electron chi connectivity index (χ0n) is 15.6. The molecule has 0 aliphatic carbocycles. The number of hydrogen-bond acceptors (Lipinski definition) is 4. The number of amides is 1. The van der Waals surface area contributed by atoms with Crippen molar-refractivity contribution in [1.82, 2.24) is 0 Å². The molecule has 0 spiro atoms. The predicted molar refractivity (Wildman–Crippen MR) is 107 cm³/mol. The smallest absolute Gasteiger partial charge is 0.266 e. The van der Waals surface area contributed by atoms with Crippen LogP contribution in [0.15, 0.2) is 42.0 Å². The molecule has 0 aliphatic rings. The molecule has 0 fully saturated rings. The Kier molecular flexibility index (Phi) is 7.85. The molecule has 2 aromatic rings. The summed E-state index contributed by atoms with van der Waals surface area (Å²) < 4.78 is 24.9. The summed E-state index contributed by atoms with van der Waals surface area (Å²) in [5.74, 6) is -0.487. The van der Waals surface area contributed by atoms with E-state index >= 15 is 0 Å². The van der Waals surface area contributed by atoms with Crippen LogP contribution in [0, 0.1) is 17.1 Å². The molecule has 5 nitrogen and oxygen atoms in total. The van der Waals surface area contributed by atoms with Crippen LogP contribution in [-0.4, -0.2) is 19.1 Å². The lowest BCUT2D eigenvalue weighted by Gasteiger charge is -2.14. The topological polar surface area (TPSA) is 71.3 Å². The van der Waals surface area contributed by atoms with Crippen molar-refractivity contribution in [2.24, 2.45) is 0 Å². The minimum atomic E-state index is -0.729. The van der Waals surface area contributed by atoms with Gasteiger partial charge in [0, 0.05) is 0 Å². The van der Waals surface area contributed by atoms with Crippen molar-refractivity contribution in [2.45, 2.75) is 20.3 Å². The van der Waals surface area contributed by atoms with Gasteiger partial charge in [-0.15, -0.1) is 0 Å². The molecule has 28 heavy (non-hydrogen) atoms. The zero-order valence-corrected chi connectivity index (χ0v) is 16.3. The number of carbonyl (C=O) groups excluding carboxylic acids is 1. The zero-order chi connectivity index (χ0) is 20.5. The number of rotatable bonds is 8. The highest BCUT2D eigenvalue weighted by Crippen LogP contribution is 2.37. The van der Waals surface area contributed by atoms with Crippen molar-refractivity contribution >= 4 is 29.3 Å². The largest absolute Gasteiger partial charge is 0.490 e. The van der Waals surface area contributed by atoms with Crippen LogP contribution in [0.4, 0.5) is 10.1 Å². The number of benzene rings is 2. The Hall–Kier alpha value is -3.04. The van der Waals surface area contributed by atoms with Gasteiger partial charge in [-0.25, -0.2) is 4.39 Å². The third kappa shape index (κ3) is 5.48. The van der Waals surface area contributed by atoms with Gasteiger partial charge >= 0.3 is 0 Å². The highest BCUT2D eigenvalue weighted by atomic mass is 35.5. The molecule has 0 radical (unpaired) electrons. The van der Waals surface area contributed by atoms with Gasteiger partial charge < -0.3 is 14.8 Å². The number of nitriles is 1. The number of nitrogens with one attached hydrogen (secondary N) is 1. The Labute approximate surface area is 168 Å². The summed E-state index contributed by atoms with van der Waals surface area (Å²) in [6.45, 7) is 4.66. The lowest BCUT2D eigenvalue weighted by Crippen LogP contribution is -2.14. The monoisotopic (exact) mass is 402 g/mol. The summed E-state index contributed by atoms with van der Waals surface area (Å²) in [5.41, 5.74) is 0.270. The quantitative estimate of drug-likeness (QED) is 0.486. The van der Waals surface area contributed by atoms with Crippen LogP contribution < -0.4 is 14.8 Å². The maximum Gasteiger partial charge on any atom is 0.266 e. The fourth-order valence-corrected chi connectivity index (χ4v) is 2.62. The maximum atomic E-state index is 13.7. The van der Waals surface area contributed by atoms with Gasteiger partial charge in [0.15, 0.2) is 11.5 Å². The molecule has 0 saturated heterocycles. The van der Waals surface area contributed by atoms with Crippen LogP contribution in [0.5, 0.6) is 11.5 Å². The molecular formula is C21H20ClFN2O3. The molecule has 2 rings (SSSR count). The molecule has 0 aromatic heterocycles. The van der Waals surface area contributed by atoms with E-state index in [4.69, 9.17) is 21.1 Å². The van der Waals surface area contributed by atoms with Crippen molar-refractivity contribution in [3.05, 3.63) is 58.4 Å². The predicted octanol–water partition coefficient (Wildman–Crippen LogP) is 5.21. The van der Waals surface area contributed by atoms with Crippen molar-refractivity contribution < 1.29 is 18.7 Å². The third-order valence-corrected chi connectivity index (χ3v) is 3.86. The van der Waals surface area contributed by atoms with Crippen molar-refractivity contribution in [3.63, 3.8) is 0 Å². The summed E-state index contributed by atoms with van der Waals surface area (Å²) in [6.07, 6.45) is 2.16. The second-order valence-corrected chi connectivity index (χ2v) is 6.12. The van der Waals surface area contributed by atoms with Gasteiger partial charge in [-0.2, -0.15) is 5.26 Å². The van der Waals surface area contributed by atoms with E-state index in [-0.39, 0.29) is 11.3 Å². The minimum Gasteiger partial charge on any atom is -0.490 e. The molecule has 0 saturated carbocycles. The van der Waals surface area contributed by atoms with Gasteiger partial charge in [-0.1, -0.05) is 30.7 Å². The van der Waals surface area contributed by atoms with Crippen LogP contribution in [0.3, 0.4) is 0 Å². The first-order chi connectivity index (χ1) is 13.5. The maximum absolute atomic E-state index is 13.7. The summed E-state index contributed by atoms with van der Waals surface area (Å²) in [7, 11) is 0. The number of para-hydroxylation sites is 1. The Balaban J connectivity index is 2.33. The highest BCUT2D eigenvalue weighted by molar-refractivity contribution is 6.32. The van der Waals surface area contributed by atoms with Gasteiger partial charge in [0.2, 0.25) is 0 Å². The molecular weight excluding hydrogens is 383 g/mol. The molecule has 1 amide bonds. The van der Waals surface area contributed by atoms with Crippen molar-refractivity contribution in [2.75, 3.05) is 18.5 Å². The second kappa shape index (κ2) is 10.3. The Bertz CT molecular complexity index is 922. The number of ether oxygens (including phenoxy) is 2. The van der Waals surface area contributed by atoms with E-state index in [1.807, 2.05) is 19.9 Å². The summed E-state index contributed by atoms with van der Waals surface area (Å²) in [4.78, 5) is 12.3. The molecule has 1 N–H and O–H groups in total. The molecule has 7 heteroatoms. The van der Waals surface area contributed by atoms with E-state index < -0.39 is 11.7 Å². The lowest BCUT2D eigenvalue weighted by atomic mass is 10.1. The second-order valence-electron chi connectivity index (χ2n) is 5.72.